The number of hydrogen-bond donors (Lipinski definition) is 1. The third-order valence-electron chi connectivity index (χ3n) is 4.07. The molecule has 1 aromatic heterocycles. The minimum atomic E-state index is -4.76. The van der Waals surface area contributed by atoms with Gasteiger partial charge in [0.05, 0.1) is 18.7 Å². The first-order valence-electron chi connectivity index (χ1n) is 9.13. The Morgan fingerprint density at radius 2 is 1.84 bits per heavy atom. The van der Waals surface area contributed by atoms with E-state index in [-0.39, 0.29) is 10.7 Å². The second-order valence-corrected chi connectivity index (χ2v) is 8.04. The van der Waals surface area contributed by atoms with Gasteiger partial charge in [-0.25, -0.2) is 4.98 Å². The minimum Gasteiger partial charge on any atom is -0.494 e. The SMILES string of the molecule is CCOc1ccc(-c2csc(NN=C(CC(=O)c3ccc(Br)cc3)C(F)(F)F)n2)cc1. The van der Waals surface area contributed by atoms with E-state index >= 15 is 0 Å². The van der Waals surface area contributed by atoms with Crippen molar-refractivity contribution in [2.75, 3.05) is 12.0 Å². The molecule has 0 saturated heterocycles. The van der Waals surface area contributed by atoms with Crippen molar-refractivity contribution in [3.05, 3.63) is 63.9 Å². The van der Waals surface area contributed by atoms with Gasteiger partial charge in [0.25, 0.3) is 0 Å². The summed E-state index contributed by atoms with van der Waals surface area (Å²) in [5.74, 6) is 0.0364. The standard InChI is InChI=1S/C21H17BrF3N3O2S/c1-2-30-16-9-5-13(6-10-16)17-12-31-20(26-17)28-27-19(21(23,24)25)11-18(29)14-3-7-15(22)8-4-14/h3-10,12H,2,11H2,1H3,(H,26,28). The lowest BCUT2D eigenvalue weighted by atomic mass is 10.1. The molecule has 31 heavy (non-hydrogen) atoms. The number of carbonyl (C=O) groups excluding carboxylic acids is 1. The number of benzene rings is 2. The second-order valence-electron chi connectivity index (χ2n) is 6.27. The molecule has 0 bridgehead atoms. The molecule has 0 atom stereocenters. The number of anilines is 1. The number of hydrogen-bond acceptors (Lipinski definition) is 6. The van der Waals surface area contributed by atoms with Crippen LogP contribution in [0.2, 0.25) is 0 Å². The van der Waals surface area contributed by atoms with Crippen molar-refractivity contribution in [2.45, 2.75) is 19.5 Å². The van der Waals surface area contributed by atoms with Crippen molar-refractivity contribution >= 4 is 43.9 Å². The van der Waals surface area contributed by atoms with Crippen molar-refractivity contribution in [3.63, 3.8) is 0 Å². The molecule has 0 amide bonds. The quantitative estimate of drug-likeness (QED) is 0.211. The highest BCUT2D eigenvalue weighted by atomic mass is 79.9. The lowest BCUT2D eigenvalue weighted by Gasteiger charge is -2.10. The van der Waals surface area contributed by atoms with E-state index in [0.29, 0.717) is 12.3 Å². The average molecular weight is 512 g/mol. The van der Waals surface area contributed by atoms with Crippen molar-refractivity contribution < 1.29 is 22.7 Å². The summed E-state index contributed by atoms with van der Waals surface area (Å²) >= 11 is 4.33. The largest absolute Gasteiger partial charge is 0.494 e. The van der Waals surface area contributed by atoms with E-state index in [1.54, 1.807) is 29.6 Å². The predicted molar refractivity (Wildman–Crippen MR) is 119 cm³/mol. The molecule has 1 N–H and O–H groups in total. The van der Waals surface area contributed by atoms with Gasteiger partial charge in [-0.15, -0.1) is 11.3 Å². The molecule has 0 aliphatic carbocycles. The normalized spacial score (nSPS) is 12.0. The van der Waals surface area contributed by atoms with E-state index in [1.807, 2.05) is 19.1 Å². The van der Waals surface area contributed by atoms with Crippen LogP contribution in [0.3, 0.4) is 0 Å². The molecule has 0 aliphatic heterocycles. The molecule has 0 saturated carbocycles. The fraction of sp³-hybridized carbons (Fsp3) is 0.190. The van der Waals surface area contributed by atoms with Crippen molar-refractivity contribution in [3.8, 4) is 17.0 Å². The Balaban J connectivity index is 1.72. The predicted octanol–water partition coefficient (Wildman–Crippen LogP) is 6.57. The molecule has 0 spiro atoms. The van der Waals surface area contributed by atoms with Crippen molar-refractivity contribution in [1.29, 1.82) is 0 Å². The number of nitrogens with zero attached hydrogens (tertiary/aromatic N) is 2. The molecule has 5 nitrogen and oxygen atoms in total. The minimum absolute atomic E-state index is 0.173. The van der Waals surface area contributed by atoms with Crippen molar-refractivity contribution in [1.82, 2.24) is 4.98 Å². The second kappa shape index (κ2) is 10.1. The fourth-order valence-corrected chi connectivity index (χ4v) is 3.48. The number of ether oxygens (including phenoxy) is 1. The number of carbonyl (C=O) groups is 1. The first kappa shape index (κ1) is 23.0. The number of alkyl halides is 3. The summed E-state index contributed by atoms with van der Waals surface area (Å²) in [5.41, 5.74) is 2.66. The van der Waals surface area contributed by atoms with Gasteiger partial charge < -0.3 is 4.74 Å². The number of hydrazone groups is 1. The van der Waals surface area contributed by atoms with Crippen LogP contribution in [0.25, 0.3) is 11.3 Å². The van der Waals surface area contributed by atoms with Crippen LogP contribution in [0.15, 0.2) is 63.5 Å². The highest BCUT2D eigenvalue weighted by Crippen LogP contribution is 2.27. The van der Waals surface area contributed by atoms with Crippen LogP contribution >= 0.6 is 27.3 Å². The van der Waals surface area contributed by atoms with Gasteiger partial charge in [0, 0.05) is 21.0 Å². The summed E-state index contributed by atoms with van der Waals surface area (Å²) in [4.78, 5) is 16.5. The molecule has 1 heterocycles. The molecule has 0 fully saturated rings. The number of Topliss-reactive ketones (excluding diaryl/α,β-unsaturated/α-hetero) is 1. The molecule has 2 aromatic carbocycles. The zero-order chi connectivity index (χ0) is 22.4. The van der Waals surface area contributed by atoms with Gasteiger partial charge in [-0.1, -0.05) is 28.1 Å². The van der Waals surface area contributed by atoms with Gasteiger partial charge in [-0.3, -0.25) is 10.2 Å². The lowest BCUT2D eigenvalue weighted by molar-refractivity contribution is -0.0602. The van der Waals surface area contributed by atoms with Crippen LogP contribution in [0.5, 0.6) is 5.75 Å². The number of aromatic nitrogens is 1. The van der Waals surface area contributed by atoms with E-state index in [1.165, 1.54) is 12.1 Å². The summed E-state index contributed by atoms with van der Waals surface area (Å²) in [7, 11) is 0. The molecule has 10 heteroatoms. The zero-order valence-electron chi connectivity index (χ0n) is 16.2. The number of thiazole rings is 1. The summed E-state index contributed by atoms with van der Waals surface area (Å²) < 4.78 is 46.2. The van der Waals surface area contributed by atoms with Gasteiger partial charge in [0.2, 0.25) is 5.13 Å². The van der Waals surface area contributed by atoms with E-state index in [4.69, 9.17) is 4.74 Å². The van der Waals surface area contributed by atoms with Crippen molar-refractivity contribution in [2.24, 2.45) is 5.10 Å². The van der Waals surface area contributed by atoms with Crippen LogP contribution in [0.4, 0.5) is 18.3 Å². The zero-order valence-corrected chi connectivity index (χ0v) is 18.6. The van der Waals surface area contributed by atoms with Crippen LogP contribution in [0, 0.1) is 0 Å². The Labute approximate surface area is 189 Å². The molecular formula is C21H17BrF3N3O2S. The Morgan fingerprint density at radius 3 is 2.45 bits per heavy atom. The van der Waals surface area contributed by atoms with Crippen LogP contribution in [-0.2, 0) is 0 Å². The van der Waals surface area contributed by atoms with E-state index in [0.717, 1.165) is 27.1 Å². The van der Waals surface area contributed by atoms with E-state index in [9.17, 15) is 18.0 Å². The summed E-state index contributed by atoms with van der Waals surface area (Å²) in [6.45, 7) is 2.43. The Bertz CT molecular complexity index is 1060. The molecule has 0 unspecified atom stereocenters. The van der Waals surface area contributed by atoms with Gasteiger partial charge in [0.15, 0.2) is 5.78 Å². The Hall–Kier alpha value is -2.72. The Morgan fingerprint density at radius 1 is 1.16 bits per heavy atom. The van der Waals surface area contributed by atoms with Gasteiger partial charge in [-0.05, 0) is 43.3 Å². The summed E-state index contributed by atoms with van der Waals surface area (Å²) in [6, 6.07) is 13.3. The maximum atomic E-state index is 13.4. The van der Waals surface area contributed by atoms with Gasteiger partial charge in [-0.2, -0.15) is 18.3 Å². The lowest BCUT2D eigenvalue weighted by Crippen LogP contribution is -2.27. The van der Waals surface area contributed by atoms with Crippen LogP contribution in [-0.4, -0.2) is 29.3 Å². The molecule has 162 valence electrons. The monoisotopic (exact) mass is 511 g/mol. The van der Waals surface area contributed by atoms with Crippen LogP contribution < -0.4 is 10.2 Å². The number of ketones is 1. The highest BCUT2D eigenvalue weighted by molar-refractivity contribution is 9.10. The summed E-state index contributed by atoms with van der Waals surface area (Å²) in [6.07, 6.45) is -5.64. The third kappa shape index (κ3) is 6.38. The maximum absolute atomic E-state index is 13.4. The third-order valence-corrected chi connectivity index (χ3v) is 5.35. The Kier molecular flexibility index (Phi) is 7.45. The topological polar surface area (TPSA) is 63.6 Å². The first-order valence-corrected chi connectivity index (χ1v) is 10.8. The van der Waals surface area contributed by atoms with E-state index < -0.39 is 24.1 Å². The molecule has 0 radical (unpaired) electrons. The number of nitrogens with one attached hydrogen (secondary N) is 1. The number of halogens is 4. The maximum Gasteiger partial charge on any atom is 0.431 e. The average Bonchev–Trinajstić information content (AvgIpc) is 3.20. The van der Waals surface area contributed by atoms with Gasteiger partial charge in [0.1, 0.15) is 11.5 Å². The van der Waals surface area contributed by atoms with Gasteiger partial charge >= 0.3 is 6.18 Å². The smallest absolute Gasteiger partial charge is 0.431 e. The molecule has 3 rings (SSSR count). The van der Waals surface area contributed by atoms with Crippen LogP contribution in [0.1, 0.15) is 23.7 Å². The highest BCUT2D eigenvalue weighted by Gasteiger charge is 2.37. The fourth-order valence-electron chi connectivity index (χ4n) is 2.55. The number of rotatable bonds is 8. The summed E-state index contributed by atoms with van der Waals surface area (Å²) in [5, 5.41) is 5.32. The van der Waals surface area contributed by atoms with E-state index in [2.05, 4.69) is 31.4 Å². The molecule has 3 aromatic rings. The molecular weight excluding hydrogens is 495 g/mol. The first-order chi connectivity index (χ1) is 14.8. The molecule has 0 aliphatic rings.